The van der Waals surface area contributed by atoms with Crippen molar-refractivity contribution in [1.82, 2.24) is 9.97 Å². The molecule has 0 unspecified atom stereocenters. The van der Waals surface area contributed by atoms with Gasteiger partial charge in [-0.1, -0.05) is 6.08 Å². The molecule has 2 aromatic rings. The van der Waals surface area contributed by atoms with Gasteiger partial charge in [0, 0.05) is 24.4 Å². The summed E-state index contributed by atoms with van der Waals surface area (Å²) in [5, 5.41) is 5.83. The maximum Gasteiger partial charge on any atom is 0.274 e. The minimum Gasteiger partial charge on any atom is -0.454 e. The van der Waals surface area contributed by atoms with Gasteiger partial charge in [-0.15, -0.1) is 6.58 Å². The normalized spacial score (nSPS) is 11.9. The fraction of sp³-hybridized carbons (Fsp3) is 0.188. The van der Waals surface area contributed by atoms with Crippen molar-refractivity contribution in [2.45, 2.75) is 6.92 Å². The van der Waals surface area contributed by atoms with E-state index in [9.17, 15) is 4.79 Å². The Labute approximate surface area is 133 Å². The highest BCUT2D eigenvalue weighted by Gasteiger charge is 2.15. The fourth-order valence-corrected chi connectivity index (χ4v) is 2.12. The fourth-order valence-electron chi connectivity index (χ4n) is 2.12. The lowest BCUT2D eigenvalue weighted by molar-refractivity contribution is 0.102. The molecule has 7 nitrogen and oxygen atoms in total. The van der Waals surface area contributed by atoms with E-state index in [-0.39, 0.29) is 18.4 Å². The number of carbonyl (C=O) groups excluding carboxylic acids is 1. The second-order valence-corrected chi connectivity index (χ2v) is 4.88. The van der Waals surface area contributed by atoms with Gasteiger partial charge in [-0.25, -0.2) is 9.97 Å². The van der Waals surface area contributed by atoms with Crippen molar-refractivity contribution in [1.29, 1.82) is 0 Å². The lowest BCUT2D eigenvalue weighted by atomic mass is 10.2. The molecular formula is C16H16N4O3. The van der Waals surface area contributed by atoms with Crippen molar-refractivity contribution in [3.05, 3.63) is 48.4 Å². The van der Waals surface area contributed by atoms with Gasteiger partial charge < -0.3 is 20.1 Å². The Morgan fingerprint density at radius 3 is 2.96 bits per heavy atom. The van der Waals surface area contributed by atoms with E-state index in [0.717, 1.165) is 0 Å². The summed E-state index contributed by atoms with van der Waals surface area (Å²) in [7, 11) is 0. The number of rotatable bonds is 5. The molecule has 0 aliphatic carbocycles. The van der Waals surface area contributed by atoms with E-state index in [2.05, 4.69) is 27.2 Å². The summed E-state index contributed by atoms with van der Waals surface area (Å²) in [6, 6.07) is 6.81. The molecule has 2 N–H and O–H groups in total. The van der Waals surface area contributed by atoms with Crippen LogP contribution >= 0.6 is 0 Å². The van der Waals surface area contributed by atoms with Crippen molar-refractivity contribution in [3.63, 3.8) is 0 Å². The third kappa shape index (κ3) is 3.39. The predicted molar refractivity (Wildman–Crippen MR) is 86.0 cm³/mol. The number of hydrogen-bond acceptors (Lipinski definition) is 6. The van der Waals surface area contributed by atoms with Gasteiger partial charge in [0.2, 0.25) is 6.79 Å². The molecule has 118 valence electrons. The molecule has 23 heavy (non-hydrogen) atoms. The van der Waals surface area contributed by atoms with Gasteiger partial charge in [0.15, 0.2) is 11.5 Å². The van der Waals surface area contributed by atoms with Gasteiger partial charge in [0.1, 0.15) is 17.3 Å². The van der Waals surface area contributed by atoms with E-state index < -0.39 is 0 Å². The quantitative estimate of drug-likeness (QED) is 0.824. The van der Waals surface area contributed by atoms with Crippen molar-refractivity contribution < 1.29 is 14.3 Å². The van der Waals surface area contributed by atoms with E-state index in [4.69, 9.17) is 9.47 Å². The first-order valence-corrected chi connectivity index (χ1v) is 7.07. The number of amides is 1. The molecule has 2 heterocycles. The van der Waals surface area contributed by atoms with Crippen molar-refractivity contribution >= 4 is 17.4 Å². The summed E-state index contributed by atoms with van der Waals surface area (Å²) >= 11 is 0. The Morgan fingerprint density at radius 2 is 2.13 bits per heavy atom. The van der Waals surface area contributed by atoms with E-state index >= 15 is 0 Å². The number of nitrogens with zero attached hydrogens (tertiary/aromatic N) is 2. The van der Waals surface area contributed by atoms with E-state index in [1.165, 1.54) is 0 Å². The zero-order valence-corrected chi connectivity index (χ0v) is 12.6. The average molecular weight is 312 g/mol. The van der Waals surface area contributed by atoms with Gasteiger partial charge in [0.25, 0.3) is 5.91 Å². The Balaban J connectivity index is 1.77. The van der Waals surface area contributed by atoms with Crippen LogP contribution in [0, 0.1) is 6.92 Å². The molecule has 1 amide bonds. The van der Waals surface area contributed by atoms with Crippen LogP contribution in [0.25, 0.3) is 0 Å². The molecule has 1 aliphatic heterocycles. The third-order valence-corrected chi connectivity index (χ3v) is 3.13. The number of fused-ring (bicyclic) bond motifs is 1. The number of nitrogens with one attached hydrogen (secondary N) is 2. The molecule has 7 heteroatoms. The molecular weight excluding hydrogens is 296 g/mol. The molecule has 1 aromatic heterocycles. The van der Waals surface area contributed by atoms with Gasteiger partial charge >= 0.3 is 0 Å². The van der Waals surface area contributed by atoms with E-state index in [1.54, 1.807) is 37.3 Å². The molecule has 1 aromatic carbocycles. The molecule has 0 bridgehead atoms. The van der Waals surface area contributed by atoms with E-state index in [0.29, 0.717) is 35.4 Å². The van der Waals surface area contributed by atoms with Crippen molar-refractivity contribution in [3.8, 4) is 11.5 Å². The number of ether oxygens (including phenoxy) is 2. The SMILES string of the molecule is C=CCNc1cc(C(=O)Nc2ccc3c(c2)OCO3)nc(C)n1. The van der Waals surface area contributed by atoms with Crippen LogP contribution in [0.3, 0.4) is 0 Å². The molecule has 0 spiro atoms. The monoisotopic (exact) mass is 312 g/mol. The highest BCUT2D eigenvalue weighted by molar-refractivity contribution is 6.03. The summed E-state index contributed by atoms with van der Waals surface area (Å²) in [6.45, 7) is 6.11. The molecule has 0 atom stereocenters. The molecule has 0 fully saturated rings. The molecule has 0 radical (unpaired) electrons. The Morgan fingerprint density at radius 1 is 1.30 bits per heavy atom. The van der Waals surface area contributed by atoms with Gasteiger partial charge in [-0.3, -0.25) is 4.79 Å². The standard InChI is InChI=1S/C16H16N4O3/c1-3-6-17-15-8-12(18-10(2)19-15)16(21)20-11-4-5-13-14(7-11)23-9-22-13/h3-5,7-8H,1,6,9H2,2H3,(H,20,21)(H,17,18,19). The first-order chi connectivity index (χ1) is 11.2. The summed E-state index contributed by atoms with van der Waals surface area (Å²) < 4.78 is 10.5. The summed E-state index contributed by atoms with van der Waals surface area (Å²) in [5.74, 6) is 2.03. The topological polar surface area (TPSA) is 85.4 Å². The smallest absolute Gasteiger partial charge is 0.274 e. The Bertz CT molecular complexity index is 761. The number of hydrogen-bond donors (Lipinski definition) is 2. The van der Waals surface area contributed by atoms with Crippen LogP contribution in [0.1, 0.15) is 16.3 Å². The van der Waals surface area contributed by atoms with Gasteiger partial charge in [-0.2, -0.15) is 0 Å². The summed E-state index contributed by atoms with van der Waals surface area (Å²) in [5.41, 5.74) is 0.887. The highest BCUT2D eigenvalue weighted by atomic mass is 16.7. The zero-order valence-electron chi connectivity index (χ0n) is 12.6. The van der Waals surface area contributed by atoms with Crippen molar-refractivity contribution in [2.24, 2.45) is 0 Å². The summed E-state index contributed by atoms with van der Waals surface area (Å²) in [4.78, 5) is 20.8. The minimum absolute atomic E-state index is 0.191. The van der Waals surface area contributed by atoms with Crippen LogP contribution in [0.2, 0.25) is 0 Å². The van der Waals surface area contributed by atoms with Crippen LogP contribution in [0.15, 0.2) is 36.9 Å². The number of anilines is 2. The van der Waals surface area contributed by atoms with E-state index in [1.807, 2.05) is 0 Å². The molecule has 0 saturated heterocycles. The first-order valence-electron chi connectivity index (χ1n) is 7.07. The number of carbonyl (C=O) groups is 1. The zero-order chi connectivity index (χ0) is 16.2. The maximum atomic E-state index is 12.4. The molecule has 0 saturated carbocycles. The summed E-state index contributed by atoms with van der Waals surface area (Å²) in [6.07, 6.45) is 1.71. The Kier molecular flexibility index (Phi) is 4.09. The van der Waals surface area contributed by atoms with Crippen LogP contribution < -0.4 is 20.1 Å². The maximum absolute atomic E-state index is 12.4. The second-order valence-electron chi connectivity index (χ2n) is 4.88. The minimum atomic E-state index is -0.323. The van der Waals surface area contributed by atoms with Crippen LogP contribution in [0.4, 0.5) is 11.5 Å². The lowest BCUT2D eigenvalue weighted by Gasteiger charge is -2.08. The highest BCUT2D eigenvalue weighted by Crippen LogP contribution is 2.34. The van der Waals surface area contributed by atoms with Crippen LogP contribution in [0.5, 0.6) is 11.5 Å². The third-order valence-electron chi connectivity index (χ3n) is 3.13. The second kappa shape index (κ2) is 6.35. The van der Waals surface area contributed by atoms with Crippen LogP contribution in [-0.2, 0) is 0 Å². The number of aryl methyl sites for hydroxylation is 1. The van der Waals surface area contributed by atoms with Gasteiger partial charge in [0.05, 0.1) is 0 Å². The van der Waals surface area contributed by atoms with Crippen molar-refractivity contribution in [2.75, 3.05) is 24.0 Å². The number of aromatic nitrogens is 2. The lowest BCUT2D eigenvalue weighted by Crippen LogP contribution is -2.15. The predicted octanol–water partition coefficient (Wildman–Crippen LogP) is 2.36. The van der Waals surface area contributed by atoms with Crippen LogP contribution in [-0.4, -0.2) is 29.2 Å². The number of benzene rings is 1. The average Bonchev–Trinajstić information content (AvgIpc) is 3.00. The largest absolute Gasteiger partial charge is 0.454 e. The molecule has 3 rings (SSSR count). The molecule has 1 aliphatic rings. The first kappa shape index (κ1) is 14.8. The van der Waals surface area contributed by atoms with Gasteiger partial charge in [-0.05, 0) is 19.1 Å². The Hall–Kier alpha value is -3.09.